The molecule has 0 aromatic heterocycles. The molecule has 0 aliphatic carbocycles. The smallest absolute Gasteiger partial charge is 0.422 e. The van der Waals surface area contributed by atoms with Crippen molar-refractivity contribution < 1.29 is 22.7 Å². The molecular weight excluding hydrogens is 279 g/mol. The van der Waals surface area contributed by atoms with Crippen molar-refractivity contribution in [1.82, 2.24) is 0 Å². The Morgan fingerprint density at radius 1 is 1.42 bits per heavy atom. The predicted molar refractivity (Wildman–Crippen MR) is 68.4 cm³/mol. The molecule has 3 nitrogen and oxygen atoms in total. The fourth-order valence-corrected chi connectivity index (χ4v) is 1.88. The van der Waals surface area contributed by atoms with Crippen LogP contribution in [-0.4, -0.2) is 24.6 Å². The number of nitrogens with one attached hydrogen (secondary N) is 1. The predicted octanol–water partition coefficient (Wildman–Crippen LogP) is 4.08. The first-order chi connectivity index (χ1) is 8.92. The van der Waals surface area contributed by atoms with Gasteiger partial charge in [-0.15, -0.1) is 18.3 Å². The van der Waals surface area contributed by atoms with E-state index in [2.05, 4.69) is 16.6 Å². The van der Waals surface area contributed by atoms with Crippen LogP contribution in [0.5, 0.6) is 0 Å². The Morgan fingerprint density at radius 3 is 2.74 bits per heavy atom. The Kier molecular flexibility index (Phi) is 5.75. The molecule has 0 aliphatic heterocycles. The minimum atomic E-state index is -4.53. The third-order valence-electron chi connectivity index (χ3n) is 1.85. The topological polar surface area (TPSA) is 38.3 Å². The number of thioether (sulfide) groups is 1. The lowest BCUT2D eigenvalue weighted by atomic mass is 10.3. The van der Waals surface area contributed by atoms with Crippen molar-refractivity contribution in [2.45, 2.75) is 11.1 Å². The molecular formula is C12H12F3NO2S. The summed E-state index contributed by atoms with van der Waals surface area (Å²) < 4.78 is 39.7. The molecule has 1 rings (SSSR count). The standard InChI is InChI=1S/C12H12F3NO2S/c1-2-7-19-10-6-4-3-5-9(10)16-11(17)18-8-12(13,14)15/h2-6H,1,7-8H2,(H,16,17). The minimum Gasteiger partial charge on any atom is -0.440 e. The highest BCUT2D eigenvalue weighted by Crippen LogP contribution is 2.27. The van der Waals surface area contributed by atoms with E-state index in [9.17, 15) is 18.0 Å². The molecule has 1 aromatic carbocycles. The van der Waals surface area contributed by atoms with Gasteiger partial charge in [-0.1, -0.05) is 18.2 Å². The molecule has 1 N–H and O–H groups in total. The maximum atomic E-state index is 11.9. The van der Waals surface area contributed by atoms with Gasteiger partial charge in [0, 0.05) is 10.6 Å². The molecule has 1 amide bonds. The van der Waals surface area contributed by atoms with Gasteiger partial charge in [0.25, 0.3) is 0 Å². The number of amides is 1. The van der Waals surface area contributed by atoms with E-state index < -0.39 is 18.9 Å². The van der Waals surface area contributed by atoms with Crippen LogP contribution in [0.25, 0.3) is 0 Å². The first-order valence-electron chi connectivity index (χ1n) is 5.25. The summed E-state index contributed by atoms with van der Waals surface area (Å²) in [5, 5.41) is 2.28. The summed E-state index contributed by atoms with van der Waals surface area (Å²) in [5.74, 6) is 0.621. The molecule has 104 valence electrons. The van der Waals surface area contributed by atoms with Crippen LogP contribution in [0.1, 0.15) is 0 Å². The Labute approximate surface area is 112 Å². The van der Waals surface area contributed by atoms with Gasteiger partial charge in [-0.25, -0.2) is 4.79 Å². The summed E-state index contributed by atoms with van der Waals surface area (Å²) in [7, 11) is 0. The third-order valence-corrected chi connectivity index (χ3v) is 2.92. The van der Waals surface area contributed by atoms with E-state index in [0.717, 1.165) is 4.90 Å². The molecule has 0 saturated carbocycles. The van der Waals surface area contributed by atoms with Crippen LogP contribution >= 0.6 is 11.8 Å². The normalized spacial score (nSPS) is 10.9. The number of para-hydroxylation sites is 1. The van der Waals surface area contributed by atoms with E-state index in [1.165, 1.54) is 11.8 Å². The second kappa shape index (κ2) is 7.08. The minimum absolute atomic E-state index is 0.404. The second-order valence-corrected chi connectivity index (χ2v) is 4.47. The zero-order chi connectivity index (χ0) is 14.3. The van der Waals surface area contributed by atoms with E-state index >= 15 is 0 Å². The van der Waals surface area contributed by atoms with Crippen LogP contribution in [-0.2, 0) is 4.74 Å². The van der Waals surface area contributed by atoms with Gasteiger partial charge >= 0.3 is 12.3 Å². The molecule has 0 atom stereocenters. The molecule has 0 unspecified atom stereocenters. The molecule has 0 radical (unpaired) electrons. The fourth-order valence-electron chi connectivity index (χ4n) is 1.14. The lowest BCUT2D eigenvalue weighted by molar-refractivity contribution is -0.159. The molecule has 0 bridgehead atoms. The highest BCUT2D eigenvalue weighted by Gasteiger charge is 2.29. The number of hydrogen-bond donors (Lipinski definition) is 1. The van der Waals surface area contributed by atoms with Crippen LogP contribution < -0.4 is 5.32 Å². The molecule has 0 fully saturated rings. The molecule has 7 heteroatoms. The number of rotatable bonds is 5. The lowest BCUT2D eigenvalue weighted by Gasteiger charge is -2.11. The van der Waals surface area contributed by atoms with Crippen molar-refractivity contribution in [2.75, 3.05) is 17.7 Å². The second-order valence-electron chi connectivity index (χ2n) is 3.41. The SMILES string of the molecule is C=CCSc1ccccc1NC(=O)OCC(F)(F)F. The van der Waals surface area contributed by atoms with Gasteiger partial charge < -0.3 is 4.74 Å². The number of benzene rings is 1. The maximum Gasteiger partial charge on any atom is 0.422 e. The van der Waals surface area contributed by atoms with E-state index in [1.54, 1.807) is 30.3 Å². The van der Waals surface area contributed by atoms with Gasteiger partial charge in [0.15, 0.2) is 6.61 Å². The van der Waals surface area contributed by atoms with E-state index in [1.807, 2.05) is 0 Å². The van der Waals surface area contributed by atoms with Crippen LogP contribution in [0.3, 0.4) is 0 Å². The number of hydrogen-bond acceptors (Lipinski definition) is 3. The number of carbonyl (C=O) groups is 1. The maximum absolute atomic E-state index is 11.9. The van der Waals surface area contributed by atoms with Gasteiger partial charge in [-0.2, -0.15) is 13.2 Å². The Balaban J connectivity index is 2.60. The van der Waals surface area contributed by atoms with Crippen LogP contribution in [0.4, 0.5) is 23.7 Å². The number of alkyl halides is 3. The highest BCUT2D eigenvalue weighted by molar-refractivity contribution is 7.99. The number of anilines is 1. The molecule has 0 spiro atoms. The van der Waals surface area contributed by atoms with Crippen molar-refractivity contribution in [3.63, 3.8) is 0 Å². The van der Waals surface area contributed by atoms with Crippen LogP contribution in [0.2, 0.25) is 0 Å². The molecule has 19 heavy (non-hydrogen) atoms. The summed E-state index contributed by atoms with van der Waals surface area (Å²) in [5.41, 5.74) is 0.404. The van der Waals surface area contributed by atoms with E-state index in [-0.39, 0.29) is 0 Å². The Hall–Kier alpha value is -1.63. The average molecular weight is 291 g/mol. The molecule has 0 heterocycles. The van der Waals surface area contributed by atoms with Crippen molar-refractivity contribution in [3.8, 4) is 0 Å². The summed E-state index contributed by atoms with van der Waals surface area (Å²) in [6.07, 6.45) is -3.98. The van der Waals surface area contributed by atoms with Gasteiger partial charge in [-0.3, -0.25) is 5.32 Å². The van der Waals surface area contributed by atoms with Gasteiger partial charge in [0.05, 0.1) is 5.69 Å². The summed E-state index contributed by atoms with van der Waals surface area (Å²) in [6.45, 7) is 1.95. The van der Waals surface area contributed by atoms with Crippen molar-refractivity contribution in [3.05, 3.63) is 36.9 Å². The third kappa shape index (κ3) is 6.19. The fraction of sp³-hybridized carbons (Fsp3) is 0.250. The highest BCUT2D eigenvalue weighted by atomic mass is 32.2. The average Bonchev–Trinajstić information content (AvgIpc) is 2.34. The summed E-state index contributed by atoms with van der Waals surface area (Å²) >= 11 is 1.40. The van der Waals surface area contributed by atoms with Crippen LogP contribution in [0.15, 0.2) is 41.8 Å². The van der Waals surface area contributed by atoms with Crippen molar-refractivity contribution in [1.29, 1.82) is 0 Å². The number of halogens is 3. The van der Waals surface area contributed by atoms with Gasteiger partial charge in [0.1, 0.15) is 0 Å². The van der Waals surface area contributed by atoms with Gasteiger partial charge in [-0.05, 0) is 12.1 Å². The van der Waals surface area contributed by atoms with E-state index in [0.29, 0.717) is 11.4 Å². The molecule has 0 aliphatic rings. The molecule has 0 saturated heterocycles. The summed E-state index contributed by atoms with van der Waals surface area (Å²) in [6, 6.07) is 6.75. The van der Waals surface area contributed by atoms with Crippen LogP contribution in [0, 0.1) is 0 Å². The van der Waals surface area contributed by atoms with Crippen molar-refractivity contribution in [2.24, 2.45) is 0 Å². The summed E-state index contributed by atoms with van der Waals surface area (Å²) in [4.78, 5) is 12.0. The Morgan fingerprint density at radius 2 is 2.11 bits per heavy atom. The first-order valence-corrected chi connectivity index (χ1v) is 6.24. The first kappa shape index (κ1) is 15.4. The lowest BCUT2D eigenvalue weighted by Crippen LogP contribution is -2.23. The monoisotopic (exact) mass is 291 g/mol. The number of ether oxygens (including phenoxy) is 1. The largest absolute Gasteiger partial charge is 0.440 e. The van der Waals surface area contributed by atoms with Crippen molar-refractivity contribution >= 4 is 23.5 Å². The Bertz CT molecular complexity index is 449. The van der Waals surface area contributed by atoms with Gasteiger partial charge in [0.2, 0.25) is 0 Å². The quantitative estimate of drug-likeness (QED) is 0.656. The van der Waals surface area contributed by atoms with E-state index in [4.69, 9.17) is 0 Å². The zero-order valence-electron chi connectivity index (χ0n) is 9.87. The molecule has 1 aromatic rings. The number of carbonyl (C=O) groups excluding carboxylic acids is 1. The zero-order valence-corrected chi connectivity index (χ0v) is 10.7.